The molecule has 2 aromatic heterocycles. The first-order valence-corrected chi connectivity index (χ1v) is 19.0. The average molecular weight is 707 g/mol. The molecule has 2 N–H and O–H groups in total. The topological polar surface area (TPSA) is 89.5 Å². The van der Waals surface area contributed by atoms with Crippen LogP contribution in [0.15, 0.2) is 30.5 Å². The van der Waals surface area contributed by atoms with Crippen LogP contribution in [-0.4, -0.2) is 89.8 Å². The summed E-state index contributed by atoms with van der Waals surface area (Å²) in [5, 5.41) is 17.2. The number of benzene rings is 1. The standard InChI is InChI=1S/C39H53F3N8O/c1-26-31(5-4-6-34(26)39(40,41)42)27(2)45-36-32-23-35(44-24-33(32)28(3)46-47-36)49-19-21-50(22-20-49)37(51)30-9-17-48(18-10-30)25-29-7-11-38(12-8-29)13-15-43-16-14-38/h4-6,23-24,27,29-30,43H,7-22,25H2,1-3H3,(H,45,47)/t27-/m1/s1. The molecule has 5 heterocycles. The molecule has 1 aromatic carbocycles. The number of likely N-dealkylation sites (tertiary alicyclic amines) is 1. The molecule has 1 spiro atoms. The number of rotatable bonds is 7. The molecular weight excluding hydrogens is 653 g/mol. The van der Waals surface area contributed by atoms with E-state index in [2.05, 4.69) is 30.6 Å². The van der Waals surface area contributed by atoms with Crippen molar-refractivity contribution < 1.29 is 18.0 Å². The number of carbonyl (C=O) groups is 1. The van der Waals surface area contributed by atoms with E-state index in [1.807, 2.05) is 24.8 Å². The van der Waals surface area contributed by atoms with Crippen molar-refractivity contribution in [2.45, 2.75) is 84.4 Å². The molecular formula is C39H53F3N8O. The van der Waals surface area contributed by atoms with Gasteiger partial charge in [-0.25, -0.2) is 4.98 Å². The summed E-state index contributed by atoms with van der Waals surface area (Å²) in [5.41, 5.74) is 1.45. The second-order valence-corrected chi connectivity index (χ2v) is 15.7. The summed E-state index contributed by atoms with van der Waals surface area (Å²) in [5.74, 6) is 2.49. The zero-order chi connectivity index (χ0) is 35.8. The lowest BCUT2D eigenvalue weighted by molar-refractivity contribution is -0.138. The lowest BCUT2D eigenvalue weighted by Gasteiger charge is -2.44. The van der Waals surface area contributed by atoms with E-state index in [9.17, 15) is 18.0 Å². The molecule has 1 aliphatic carbocycles. The second-order valence-electron chi connectivity index (χ2n) is 15.7. The predicted octanol–water partition coefficient (Wildman–Crippen LogP) is 6.75. The number of anilines is 2. The molecule has 9 nitrogen and oxygen atoms in total. The van der Waals surface area contributed by atoms with Gasteiger partial charge in [0.1, 0.15) is 5.82 Å². The largest absolute Gasteiger partial charge is 0.416 e. The minimum absolute atomic E-state index is 0.105. The van der Waals surface area contributed by atoms with Gasteiger partial charge in [0.25, 0.3) is 0 Å². The number of halogens is 3. The number of aryl methyl sites for hydroxylation is 1. The van der Waals surface area contributed by atoms with Crippen molar-refractivity contribution >= 4 is 28.3 Å². The van der Waals surface area contributed by atoms with E-state index in [1.54, 1.807) is 12.3 Å². The number of carbonyl (C=O) groups excluding carboxylic acids is 1. The van der Waals surface area contributed by atoms with Gasteiger partial charge >= 0.3 is 6.18 Å². The van der Waals surface area contributed by atoms with Crippen LogP contribution < -0.4 is 15.5 Å². The van der Waals surface area contributed by atoms with Crippen LogP contribution in [0.1, 0.15) is 86.7 Å². The van der Waals surface area contributed by atoms with Crippen LogP contribution >= 0.6 is 0 Å². The molecule has 1 atom stereocenters. The van der Waals surface area contributed by atoms with E-state index in [-0.39, 0.29) is 11.5 Å². The molecule has 276 valence electrons. The van der Waals surface area contributed by atoms with E-state index in [4.69, 9.17) is 4.98 Å². The van der Waals surface area contributed by atoms with Crippen molar-refractivity contribution in [3.05, 3.63) is 52.8 Å². The SMILES string of the molecule is Cc1c([C@@H](C)Nc2nnc(C)c3cnc(N4CCN(C(=O)C5CCN(CC6CCC7(CCNCC7)CC6)CC5)CC4)cc23)cccc1C(F)(F)F. The number of fused-ring (bicyclic) bond motifs is 1. The predicted molar refractivity (Wildman–Crippen MR) is 195 cm³/mol. The highest BCUT2D eigenvalue weighted by Crippen LogP contribution is 2.45. The highest BCUT2D eigenvalue weighted by molar-refractivity contribution is 5.94. The minimum atomic E-state index is -4.42. The summed E-state index contributed by atoms with van der Waals surface area (Å²) in [6, 6.07) is 5.81. The van der Waals surface area contributed by atoms with Crippen molar-refractivity contribution in [3.8, 4) is 0 Å². The van der Waals surface area contributed by atoms with Gasteiger partial charge in [-0.15, -0.1) is 5.10 Å². The Kier molecular flexibility index (Phi) is 10.4. The lowest BCUT2D eigenvalue weighted by Crippen LogP contribution is -2.52. The van der Waals surface area contributed by atoms with E-state index in [0.29, 0.717) is 48.9 Å². The van der Waals surface area contributed by atoms with Gasteiger partial charge in [0, 0.05) is 55.6 Å². The molecule has 0 bridgehead atoms. The van der Waals surface area contributed by atoms with Crippen LogP contribution in [0.2, 0.25) is 0 Å². The van der Waals surface area contributed by atoms with E-state index in [1.165, 1.54) is 71.1 Å². The molecule has 3 aliphatic heterocycles. The molecule has 12 heteroatoms. The van der Waals surface area contributed by atoms with Gasteiger partial charge in [0.15, 0.2) is 5.82 Å². The summed E-state index contributed by atoms with van der Waals surface area (Å²) in [7, 11) is 0. The number of piperidine rings is 2. The third kappa shape index (κ3) is 7.82. The average Bonchev–Trinajstić information content (AvgIpc) is 3.14. The first-order valence-electron chi connectivity index (χ1n) is 19.0. The van der Waals surface area contributed by atoms with Crippen molar-refractivity contribution in [1.82, 2.24) is 30.3 Å². The number of hydrogen-bond acceptors (Lipinski definition) is 8. The van der Waals surface area contributed by atoms with Gasteiger partial charge in [-0.2, -0.15) is 18.3 Å². The fourth-order valence-corrected chi connectivity index (χ4v) is 9.22. The minimum Gasteiger partial charge on any atom is -0.362 e. The molecule has 7 rings (SSSR count). The molecule has 4 fully saturated rings. The summed E-state index contributed by atoms with van der Waals surface area (Å²) in [6.07, 6.45) is 7.47. The van der Waals surface area contributed by atoms with E-state index < -0.39 is 17.8 Å². The van der Waals surface area contributed by atoms with E-state index >= 15 is 0 Å². The number of nitrogens with one attached hydrogen (secondary N) is 2. The zero-order valence-corrected chi connectivity index (χ0v) is 30.4. The van der Waals surface area contributed by atoms with Crippen molar-refractivity contribution in [2.75, 3.05) is 69.1 Å². The number of nitrogens with zero attached hydrogens (tertiary/aromatic N) is 6. The van der Waals surface area contributed by atoms with Gasteiger partial charge in [-0.05, 0) is 133 Å². The van der Waals surface area contributed by atoms with E-state index in [0.717, 1.165) is 60.2 Å². The highest BCUT2D eigenvalue weighted by atomic mass is 19.4. The smallest absolute Gasteiger partial charge is 0.362 e. The molecule has 4 aliphatic rings. The van der Waals surface area contributed by atoms with Crippen LogP contribution in [0.4, 0.5) is 24.8 Å². The number of piperazine rings is 1. The van der Waals surface area contributed by atoms with Gasteiger partial charge in [-0.3, -0.25) is 4.79 Å². The van der Waals surface area contributed by atoms with Gasteiger partial charge in [0.05, 0.1) is 17.3 Å². The number of hydrogen-bond donors (Lipinski definition) is 2. The fraction of sp³-hybridized carbons (Fsp3) is 0.641. The zero-order valence-electron chi connectivity index (χ0n) is 30.4. The third-order valence-electron chi connectivity index (χ3n) is 12.5. The van der Waals surface area contributed by atoms with Crippen LogP contribution in [0.5, 0.6) is 0 Å². The molecule has 0 radical (unpaired) electrons. The maximum atomic E-state index is 13.6. The second kappa shape index (κ2) is 14.8. The Morgan fingerprint density at radius 3 is 2.35 bits per heavy atom. The lowest BCUT2D eigenvalue weighted by atomic mass is 9.65. The Labute approximate surface area is 299 Å². The number of aromatic nitrogens is 3. The highest BCUT2D eigenvalue weighted by Gasteiger charge is 2.38. The Balaban J connectivity index is 0.931. The van der Waals surface area contributed by atoms with Gasteiger partial charge < -0.3 is 25.3 Å². The van der Waals surface area contributed by atoms with Crippen LogP contribution in [0.25, 0.3) is 10.8 Å². The maximum Gasteiger partial charge on any atom is 0.416 e. The fourth-order valence-electron chi connectivity index (χ4n) is 9.22. The van der Waals surface area contributed by atoms with Crippen LogP contribution in [0.3, 0.4) is 0 Å². The Morgan fingerprint density at radius 2 is 1.67 bits per heavy atom. The normalized spacial score (nSPS) is 21.7. The Morgan fingerprint density at radius 1 is 0.961 bits per heavy atom. The molecule has 1 amide bonds. The van der Waals surface area contributed by atoms with Gasteiger partial charge in [0.2, 0.25) is 5.91 Å². The van der Waals surface area contributed by atoms with Crippen molar-refractivity contribution in [3.63, 3.8) is 0 Å². The number of alkyl halides is 3. The van der Waals surface area contributed by atoms with Crippen LogP contribution in [0, 0.1) is 31.1 Å². The Bertz CT molecular complexity index is 1680. The monoisotopic (exact) mass is 706 g/mol. The maximum absolute atomic E-state index is 13.6. The number of amides is 1. The summed E-state index contributed by atoms with van der Waals surface area (Å²) >= 11 is 0. The van der Waals surface area contributed by atoms with Crippen LogP contribution in [-0.2, 0) is 11.0 Å². The molecule has 3 aromatic rings. The third-order valence-corrected chi connectivity index (χ3v) is 12.5. The molecule has 3 saturated heterocycles. The number of pyridine rings is 1. The molecule has 1 saturated carbocycles. The first-order chi connectivity index (χ1) is 24.5. The molecule has 0 unspecified atom stereocenters. The first kappa shape index (κ1) is 35.9. The molecule has 51 heavy (non-hydrogen) atoms. The Hall–Kier alpha value is -3.51. The summed E-state index contributed by atoms with van der Waals surface area (Å²) in [6.45, 7) is 13.5. The van der Waals surface area contributed by atoms with Crippen molar-refractivity contribution in [1.29, 1.82) is 0 Å². The quantitative estimate of drug-likeness (QED) is 0.279. The van der Waals surface area contributed by atoms with Gasteiger partial charge in [-0.1, -0.05) is 12.1 Å². The summed E-state index contributed by atoms with van der Waals surface area (Å²) in [4.78, 5) is 25.2. The van der Waals surface area contributed by atoms with Crippen molar-refractivity contribution in [2.24, 2.45) is 17.3 Å². The summed E-state index contributed by atoms with van der Waals surface area (Å²) < 4.78 is 40.8.